The molecule has 0 aliphatic carbocycles. The van der Waals surface area contributed by atoms with Crippen LogP contribution in [-0.2, 0) is 32.7 Å². The summed E-state index contributed by atoms with van der Waals surface area (Å²) in [5.74, 6) is -0.934. The summed E-state index contributed by atoms with van der Waals surface area (Å²) >= 11 is 0. The van der Waals surface area contributed by atoms with E-state index in [0.717, 1.165) is 57.8 Å². The SMILES string of the molecule is CC/C=C\C/C=C\C/C=C\C/C=C\C/C=C\C/C=C\CCC(=O)OC[C@H](COP(=O)([O-])OCC[N+](C)(C)C)OC(=O)CCCCCCCCCCCCCCCCC. The van der Waals surface area contributed by atoms with Gasteiger partial charge in [0.2, 0.25) is 0 Å². The molecular weight excluding hydrogens is 750 g/mol. The van der Waals surface area contributed by atoms with Crippen LogP contribution in [0, 0.1) is 0 Å². The summed E-state index contributed by atoms with van der Waals surface area (Å²) in [6.07, 6.45) is 49.4. The number of carbonyl (C=O) groups excluding carboxylic acids is 2. The van der Waals surface area contributed by atoms with Gasteiger partial charge in [0, 0.05) is 12.8 Å². The molecule has 0 saturated carbocycles. The zero-order valence-corrected chi connectivity index (χ0v) is 38.4. The van der Waals surface area contributed by atoms with Crippen molar-refractivity contribution >= 4 is 19.8 Å². The molecule has 10 heteroatoms. The monoisotopic (exact) mass is 834 g/mol. The molecule has 0 aliphatic heterocycles. The van der Waals surface area contributed by atoms with Crippen LogP contribution in [0.1, 0.15) is 168 Å². The molecule has 0 radical (unpaired) electrons. The van der Waals surface area contributed by atoms with Crippen molar-refractivity contribution in [2.75, 3.05) is 47.5 Å². The standard InChI is InChI=1S/C48H84NO8P/c1-6-8-10-12-14-16-18-20-22-23-24-25-27-28-30-32-34-36-38-40-47(50)54-44-46(45-56-58(52,53)55-43-42-49(3,4)5)57-48(51)41-39-37-35-33-31-29-26-21-19-17-15-13-11-9-7-2/h8,10,14,16,20,22,24-25,28,30,34,36,46H,6-7,9,11-13,15,17-19,21,23,26-27,29,31-33,35,37-45H2,1-5H3/b10-8-,16-14-,22-20-,25-24-,30-28-,36-34-/t46-/m1/s1. The van der Waals surface area contributed by atoms with Gasteiger partial charge in [-0.15, -0.1) is 0 Å². The Hall–Kier alpha value is -2.55. The van der Waals surface area contributed by atoms with Crippen molar-refractivity contribution in [1.82, 2.24) is 0 Å². The second-order valence-corrected chi connectivity index (χ2v) is 17.4. The number of ether oxygens (including phenoxy) is 2. The molecular formula is C48H84NO8P. The van der Waals surface area contributed by atoms with Gasteiger partial charge in [-0.05, 0) is 51.4 Å². The van der Waals surface area contributed by atoms with Gasteiger partial charge in [0.05, 0.1) is 27.7 Å². The third-order valence-electron chi connectivity index (χ3n) is 9.25. The van der Waals surface area contributed by atoms with E-state index in [-0.39, 0.29) is 26.1 Å². The second-order valence-electron chi connectivity index (χ2n) is 16.0. The molecule has 0 N–H and O–H groups in total. The third kappa shape index (κ3) is 43.0. The number of hydrogen-bond acceptors (Lipinski definition) is 8. The van der Waals surface area contributed by atoms with E-state index in [1.807, 2.05) is 33.3 Å². The molecule has 0 aromatic heterocycles. The van der Waals surface area contributed by atoms with Gasteiger partial charge in [-0.3, -0.25) is 14.2 Å². The third-order valence-corrected chi connectivity index (χ3v) is 10.2. The predicted octanol–water partition coefficient (Wildman–Crippen LogP) is 12.4. The van der Waals surface area contributed by atoms with Crippen LogP contribution in [0.15, 0.2) is 72.9 Å². The topological polar surface area (TPSA) is 111 Å². The summed E-state index contributed by atoms with van der Waals surface area (Å²) in [6.45, 7) is 4.02. The summed E-state index contributed by atoms with van der Waals surface area (Å²) in [7, 11) is 1.12. The molecule has 0 heterocycles. The summed E-state index contributed by atoms with van der Waals surface area (Å²) < 4.78 is 33.8. The Balaban J connectivity index is 4.46. The molecule has 334 valence electrons. The number of unbranched alkanes of at least 4 members (excludes halogenated alkanes) is 14. The number of rotatable bonds is 40. The molecule has 0 saturated heterocycles. The molecule has 2 atom stereocenters. The quantitative estimate of drug-likeness (QED) is 0.0197. The Morgan fingerprint density at radius 2 is 0.983 bits per heavy atom. The Labute approximate surface area is 355 Å². The van der Waals surface area contributed by atoms with Crippen LogP contribution >= 0.6 is 7.82 Å². The van der Waals surface area contributed by atoms with E-state index in [4.69, 9.17) is 18.5 Å². The summed E-state index contributed by atoms with van der Waals surface area (Å²) in [5, 5.41) is 0. The van der Waals surface area contributed by atoms with Crippen LogP contribution in [0.4, 0.5) is 0 Å². The fourth-order valence-corrected chi connectivity index (χ4v) is 6.47. The highest BCUT2D eigenvalue weighted by Crippen LogP contribution is 2.38. The smallest absolute Gasteiger partial charge is 0.306 e. The maximum absolute atomic E-state index is 12.7. The zero-order chi connectivity index (χ0) is 42.8. The molecule has 0 rings (SSSR count). The number of esters is 2. The second kappa shape index (κ2) is 39.9. The van der Waals surface area contributed by atoms with Gasteiger partial charge in [0.1, 0.15) is 19.8 Å². The van der Waals surface area contributed by atoms with Gasteiger partial charge in [-0.1, -0.05) is 177 Å². The van der Waals surface area contributed by atoms with Crippen LogP contribution < -0.4 is 4.89 Å². The maximum Gasteiger partial charge on any atom is 0.306 e. The highest BCUT2D eigenvalue weighted by Gasteiger charge is 2.21. The van der Waals surface area contributed by atoms with E-state index in [1.54, 1.807) is 0 Å². The molecule has 9 nitrogen and oxygen atoms in total. The van der Waals surface area contributed by atoms with Crippen molar-refractivity contribution in [3.8, 4) is 0 Å². The summed E-state index contributed by atoms with van der Waals surface area (Å²) in [6, 6.07) is 0. The number of nitrogens with zero attached hydrogens (tertiary/aromatic N) is 1. The van der Waals surface area contributed by atoms with E-state index in [1.165, 1.54) is 70.6 Å². The number of carbonyl (C=O) groups is 2. The Bertz CT molecular complexity index is 1220. The first-order valence-electron chi connectivity index (χ1n) is 22.6. The highest BCUT2D eigenvalue weighted by molar-refractivity contribution is 7.45. The number of phosphoric ester groups is 1. The van der Waals surface area contributed by atoms with Crippen molar-refractivity contribution in [2.24, 2.45) is 0 Å². The van der Waals surface area contributed by atoms with Crippen LogP contribution in [-0.4, -0.2) is 70.0 Å². The number of quaternary nitrogens is 1. The van der Waals surface area contributed by atoms with E-state index in [0.29, 0.717) is 23.9 Å². The molecule has 58 heavy (non-hydrogen) atoms. The van der Waals surface area contributed by atoms with Crippen LogP contribution in [0.25, 0.3) is 0 Å². The lowest BCUT2D eigenvalue weighted by molar-refractivity contribution is -0.870. The highest BCUT2D eigenvalue weighted by atomic mass is 31.2. The number of phosphoric acid groups is 1. The van der Waals surface area contributed by atoms with Crippen molar-refractivity contribution in [2.45, 2.75) is 174 Å². The molecule has 0 bridgehead atoms. The fraction of sp³-hybridized carbons (Fsp3) is 0.708. The minimum Gasteiger partial charge on any atom is -0.756 e. The molecule has 0 fully saturated rings. The molecule has 0 spiro atoms. The molecule has 0 amide bonds. The van der Waals surface area contributed by atoms with Crippen molar-refractivity contribution in [3.05, 3.63) is 72.9 Å². The lowest BCUT2D eigenvalue weighted by atomic mass is 10.0. The Morgan fingerprint density at radius 3 is 1.43 bits per heavy atom. The minimum atomic E-state index is -4.64. The normalized spacial score (nSPS) is 14.2. The molecule has 0 aromatic rings. The van der Waals surface area contributed by atoms with Gasteiger partial charge in [0.25, 0.3) is 7.82 Å². The summed E-state index contributed by atoms with van der Waals surface area (Å²) in [5.41, 5.74) is 0. The van der Waals surface area contributed by atoms with Gasteiger partial charge >= 0.3 is 11.9 Å². The van der Waals surface area contributed by atoms with Crippen LogP contribution in [0.2, 0.25) is 0 Å². The van der Waals surface area contributed by atoms with E-state index in [2.05, 4.69) is 74.6 Å². The number of likely N-dealkylation sites (N-methyl/N-ethyl adjacent to an activating group) is 1. The average molecular weight is 834 g/mol. The molecule has 1 unspecified atom stereocenters. The van der Waals surface area contributed by atoms with E-state index in [9.17, 15) is 19.0 Å². The van der Waals surface area contributed by atoms with Crippen molar-refractivity contribution in [3.63, 3.8) is 0 Å². The van der Waals surface area contributed by atoms with Crippen LogP contribution in [0.3, 0.4) is 0 Å². The number of hydrogen-bond donors (Lipinski definition) is 0. The molecule has 0 aromatic carbocycles. The first kappa shape index (κ1) is 55.5. The Morgan fingerprint density at radius 1 is 0.552 bits per heavy atom. The number of allylic oxidation sites excluding steroid dienone is 12. The predicted molar refractivity (Wildman–Crippen MR) is 240 cm³/mol. The van der Waals surface area contributed by atoms with Gasteiger partial charge < -0.3 is 27.9 Å². The molecule has 0 aliphatic rings. The fourth-order valence-electron chi connectivity index (χ4n) is 5.74. The maximum atomic E-state index is 12.7. The lowest BCUT2D eigenvalue weighted by Gasteiger charge is -2.28. The van der Waals surface area contributed by atoms with Gasteiger partial charge in [-0.25, -0.2) is 0 Å². The largest absolute Gasteiger partial charge is 0.756 e. The van der Waals surface area contributed by atoms with Crippen molar-refractivity contribution < 1.29 is 42.1 Å². The van der Waals surface area contributed by atoms with E-state index < -0.39 is 32.5 Å². The zero-order valence-electron chi connectivity index (χ0n) is 37.5. The summed E-state index contributed by atoms with van der Waals surface area (Å²) in [4.78, 5) is 37.5. The van der Waals surface area contributed by atoms with Crippen LogP contribution in [0.5, 0.6) is 0 Å². The average Bonchev–Trinajstić information content (AvgIpc) is 3.17. The Kier molecular flexibility index (Phi) is 38.1. The lowest BCUT2D eigenvalue weighted by Crippen LogP contribution is -2.37. The van der Waals surface area contributed by atoms with Gasteiger partial charge in [0.15, 0.2) is 6.10 Å². The van der Waals surface area contributed by atoms with Crippen molar-refractivity contribution in [1.29, 1.82) is 0 Å². The van der Waals surface area contributed by atoms with Gasteiger partial charge in [-0.2, -0.15) is 0 Å². The van der Waals surface area contributed by atoms with E-state index >= 15 is 0 Å². The first-order chi connectivity index (χ1) is 28.0. The first-order valence-corrected chi connectivity index (χ1v) is 24.1. The minimum absolute atomic E-state index is 0.0441.